The molecule has 318 valence electrons. The van der Waals surface area contributed by atoms with Crippen molar-refractivity contribution in [3.63, 3.8) is 0 Å². The molecule has 4 saturated carbocycles. The number of ether oxygens (including phenoxy) is 4. The lowest BCUT2D eigenvalue weighted by Crippen LogP contribution is -2.55. The van der Waals surface area contributed by atoms with Crippen LogP contribution in [0.1, 0.15) is 144 Å². The van der Waals surface area contributed by atoms with Crippen LogP contribution < -0.4 is 14.8 Å². The van der Waals surface area contributed by atoms with E-state index in [0.29, 0.717) is 28.0 Å². The van der Waals surface area contributed by atoms with Gasteiger partial charge in [0.25, 0.3) is 0 Å². The van der Waals surface area contributed by atoms with Crippen LogP contribution in [0, 0.1) is 52.3 Å². The lowest BCUT2D eigenvalue weighted by atomic mass is 9.44. The van der Waals surface area contributed by atoms with Crippen LogP contribution in [0.2, 0.25) is 10.0 Å². The maximum atomic E-state index is 14.2. The van der Waals surface area contributed by atoms with Gasteiger partial charge in [-0.1, -0.05) is 77.1 Å². The SMILES string of the molecule is COC(=O)c1cc(C(=CC(=O)NC2CCC3(C)C(CCC4C3CCC3(C)C(C(C)CCCC(C)C)CCC43)C2)c2cc(Cl)c(OC)c(C(=O)OC)c2)cc(Cl)c1OC. The highest BCUT2D eigenvalue weighted by Crippen LogP contribution is 2.68. The molecule has 1 N–H and O–H groups in total. The highest BCUT2D eigenvalue weighted by atomic mass is 35.5. The number of halogens is 2. The number of carbonyl (C=O) groups excluding carboxylic acids is 3. The van der Waals surface area contributed by atoms with E-state index < -0.39 is 11.9 Å². The third-order valence-electron chi connectivity index (χ3n) is 15.4. The molecule has 6 rings (SSSR count). The van der Waals surface area contributed by atoms with Crippen molar-refractivity contribution in [2.75, 3.05) is 28.4 Å². The van der Waals surface area contributed by atoms with Crippen LogP contribution in [0.25, 0.3) is 5.57 Å². The van der Waals surface area contributed by atoms with E-state index in [1.807, 2.05) is 0 Å². The molecule has 10 heteroatoms. The fourth-order valence-corrected chi connectivity index (χ4v) is 13.1. The lowest BCUT2D eigenvalue weighted by molar-refractivity contribution is -0.125. The number of hydrogen-bond acceptors (Lipinski definition) is 7. The van der Waals surface area contributed by atoms with E-state index in [1.165, 1.54) is 92.3 Å². The predicted molar refractivity (Wildman–Crippen MR) is 231 cm³/mol. The summed E-state index contributed by atoms with van der Waals surface area (Å²) in [6, 6.07) is 6.37. The maximum absolute atomic E-state index is 14.2. The van der Waals surface area contributed by atoms with Crippen molar-refractivity contribution >= 4 is 46.6 Å². The third-order valence-corrected chi connectivity index (χ3v) is 16.0. The summed E-state index contributed by atoms with van der Waals surface area (Å²) in [6.45, 7) is 12.5. The largest absolute Gasteiger partial charge is 0.494 e. The average molecular weight is 839 g/mol. The van der Waals surface area contributed by atoms with Crippen LogP contribution in [0.15, 0.2) is 30.3 Å². The minimum atomic E-state index is -0.658. The molecule has 0 spiro atoms. The molecule has 0 radical (unpaired) electrons. The van der Waals surface area contributed by atoms with Crippen LogP contribution in [-0.2, 0) is 14.3 Å². The minimum Gasteiger partial charge on any atom is -0.494 e. The quantitative estimate of drug-likeness (QED) is 0.158. The average Bonchev–Trinajstić information content (AvgIpc) is 3.56. The predicted octanol–water partition coefficient (Wildman–Crippen LogP) is 11.6. The number of carbonyl (C=O) groups is 3. The minimum absolute atomic E-state index is 0.0196. The summed E-state index contributed by atoms with van der Waals surface area (Å²) in [6.07, 6.45) is 16.5. The number of benzene rings is 2. The Bertz CT molecular complexity index is 1820. The van der Waals surface area contributed by atoms with Gasteiger partial charge in [-0.3, -0.25) is 4.79 Å². The van der Waals surface area contributed by atoms with Crippen LogP contribution in [0.4, 0.5) is 0 Å². The van der Waals surface area contributed by atoms with E-state index in [9.17, 15) is 14.4 Å². The van der Waals surface area contributed by atoms with Gasteiger partial charge in [0.1, 0.15) is 11.1 Å². The number of methoxy groups -OCH3 is 4. The van der Waals surface area contributed by atoms with Gasteiger partial charge in [-0.25, -0.2) is 9.59 Å². The summed E-state index contributed by atoms with van der Waals surface area (Å²) in [5, 5.41) is 3.65. The second-order valence-electron chi connectivity index (χ2n) is 18.8. The molecule has 0 aliphatic heterocycles. The molecule has 9 unspecified atom stereocenters. The molecule has 0 bridgehead atoms. The van der Waals surface area contributed by atoms with Gasteiger partial charge in [0.05, 0.1) is 38.5 Å². The van der Waals surface area contributed by atoms with Crippen molar-refractivity contribution in [1.82, 2.24) is 5.32 Å². The summed E-state index contributed by atoms with van der Waals surface area (Å²) >= 11 is 13.3. The number of hydrogen-bond donors (Lipinski definition) is 1. The fraction of sp³-hybridized carbons (Fsp3) is 0.646. The van der Waals surface area contributed by atoms with Gasteiger partial charge >= 0.3 is 11.9 Å². The van der Waals surface area contributed by atoms with Gasteiger partial charge in [-0.15, -0.1) is 0 Å². The maximum Gasteiger partial charge on any atom is 0.341 e. The Morgan fingerprint density at radius 3 is 1.88 bits per heavy atom. The van der Waals surface area contributed by atoms with Gasteiger partial charge in [0.2, 0.25) is 5.91 Å². The molecule has 4 aliphatic rings. The first-order valence-corrected chi connectivity index (χ1v) is 22.3. The normalized spacial score (nSPS) is 29.3. The first-order chi connectivity index (χ1) is 27.6. The molecule has 1 amide bonds. The third kappa shape index (κ3) is 8.53. The van der Waals surface area contributed by atoms with E-state index in [2.05, 4.69) is 39.9 Å². The Morgan fingerprint density at radius 2 is 1.33 bits per heavy atom. The van der Waals surface area contributed by atoms with E-state index >= 15 is 0 Å². The van der Waals surface area contributed by atoms with Crippen LogP contribution in [0.5, 0.6) is 11.5 Å². The molecule has 2 aromatic rings. The zero-order chi connectivity index (χ0) is 42.1. The summed E-state index contributed by atoms with van der Waals surface area (Å²) in [5.41, 5.74) is 2.16. The molecule has 58 heavy (non-hydrogen) atoms. The Kier molecular flexibility index (Phi) is 13.9. The van der Waals surface area contributed by atoms with Crippen LogP contribution in [-0.4, -0.2) is 52.3 Å². The summed E-state index contributed by atoms with van der Waals surface area (Å²) < 4.78 is 21.0. The molecule has 4 fully saturated rings. The lowest BCUT2D eigenvalue weighted by Gasteiger charge is -2.61. The summed E-state index contributed by atoms with van der Waals surface area (Å²) in [5.74, 6) is 4.06. The highest BCUT2D eigenvalue weighted by molar-refractivity contribution is 6.33. The smallest absolute Gasteiger partial charge is 0.341 e. The Hall–Kier alpha value is -3.23. The number of esters is 2. The molecule has 0 heterocycles. The number of amides is 1. The van der Waals surface area contributed by atoms with Crippen molar-refractivity contribution in [2.24, 2.45) is 52.3 Å². The Balaban J connectivity index is 1.23. The van der Waals surface area contributed by atoms with E-state index in [1.54, 1.807) is 24.3 Å². The van der Waals surface area contributed by atoms with Gasteiger partial charge < -0.3 is 24.3 Å². The number of rotatable bonds is 13. The zero-order valence-corrected chi connectivity index (χ0v) is 37.6. The number of nitrogens with one attached hydrogen (secondary N) is 1. The monoisotopic (exact) mass is 837 g/mol. The second kappa shape index (κ2) is 18.2. The fourth-order valence-electron chi connectivity index (χ4n) is 12.6. The molecule has 2 aromatic carbocycles. The van der Waals surface area contributed by atoms with E-state index in [4.69, 9.17) is 42.1 Å². The first kappa shape index (κ1) is 44.3. The van der Waals surface area contributed by atoms with Crippen molar-refractivity contribution in [3.05, 3.63) is 62.6 Å². The highest BCUT2D eigenvalue weighted by Gasteiger charge is 2.60. The molecule has 0 aromatic heterocycles. The van der Waals surface area contributed by atoms with Crippen molar-refractivity contribution in [2.45, 2.75) is 118 Å². The Morgan fingerprint density at radius 1 is 0.759 bits per heavy atom. The molecule has 4 aliphatic carbocycles. The topological polar surface area (TPSA) is 100 Å². The molecular formula is C48H65Cl2NO7. The zero-order valence-electron chi connectivity index (χ0n) is 36.1. The standard InChI is InChI=1S/C48H65Cl2NO7/c1-27(2)11-10-12-28(3)37-15-16-38-33-14-13-31-25-32(17-19-47(31,4)39(33)18-20-48(37,38)5)51-42(52)26-34(29-21-35(45(53)57-8)43(55-6)40(49)23-29)30-22-36(46(54)58-9)44(56-7)41(50)24-30/h21-24,26-28,31-33,37-39H,10-20,25H2,1-9H3,(H,51,52). The van der Waals surface area contributed by atoms with Crippen LogP contribution >= 0.6 is 23.2 Å². The van der Waals surface area contributed by atoms with Gasteiger partial charge in [-0.05, 0) is 151 Å². The number of fused-ring (bicyclic) bond motifs is 5. The van der Waals surface area contributed by atoms with Crippen LogP contribution in [0.3, 0.4) is 0 Å². The summed E-state index contributed by atoms with van der Waals surface area (Å²) in [4.78, 5) is 40.0. The van der Waals surface area contributed by atoms with Gasteiger partial charge in [0.15, 0.2) is 11.5 Å². The molecule has 0 saturated heterocycles. The van der Waals surface area contributed by atoms with E-state index in [0.717, 1.165) is 54.8 Å². The second-order valence-corrected chi connectivity index (χ2v) is 19.6. The van der Waals surface area contributed by atoms with Gasteiger partial charge in [-0.2, -0.15) is 0 Å². The van der Waals surface area contributed by atoms with E-state index in [-0.39, 0.29) is 50.0 Å². The Labute approximate surface area is 356 Å². The molecule has 9 atom stereocenters. The first-order valence-electron chi connectivity index (χ1n) is 21.5. The van der Waals surface area contributed by atoms with Crippen molar-refractivity contribution < 1.29 is 33.3 Å². The summed E-state index contributed by atoms with van der Waals surface area (Å²) in [7, 11) is 5.37. The molecular weight excluding hydrogens is 773 g/mol. The van der Waals surface area contributed by atoms with Crippen molar-refractivity contribution in [1.29, 1.82) is 0 Å². The molecule has 8 nitrogen and oxygen atoms in total. The van der Waals surface area contributed by atoms with Crippen molar-refractivity contribution in [3.8, 4) is 11.5 Å². The van der Waals surface area contributed by atoms with Gasteiger partial charge in [0, 0.05) is 12.1 Å².